The normalized spacial score (nSPS) is 12.7. The van der Waals surface area contributed by atoms with Gasteiger partial charge in [0.2, 0.25) is 0 Å². The number of rotatable bonds is 5. The van der Waals surface area contributed by atoms with Gasteiger partial charge in [-0.3, -0.25) is 4.98 Å². The molecule has 3 N–H and O–H groups in total. The lowest BCUT2D eigenvalue weighted by Gasteiger charge is -2.12. The molecule has 1 aromatic carbocycles. The van der Waals surface area contributed by atoms with E-state index >= 15 is 0 Å². The van der Waals surface area contributed by atoms with Crippen molar-refractivity contribution in [3.05, 3.63) is 71.3 Å². The highest BCUT2D eigenvalue weighted by atomic mass is 35.5. The third-order valence-electron chi connectivity index (χ3n) is 4.67. The maximum Gasteiger partial charge on any atom is 0.417 e. The number of aliphatic hydroxyl groups is 2. The van der Waals surface area contributed by atoms with Crippen LogP contribution in [0.3, 0.4) is 0 Å². The van der Waals surface area contributed by atoms with E-state index in [0.717, 1.165) is 12.3 Å². The Morgan fingerprint density at radius 2 is 1.81 bits per heavy atom. The Bertz CT molecular complexity index is 1270. The van der Waals surface area contributed by atoms with Crippen molar-refractivity contribution in [2.45, 2.75) is 12.3 Å². The van der Waals surface area contributed by atoms with Gasteiger partial charge in [-0.1, -0.05) is 17.7 Å². The SMILES string of the molecule is OC[C@@H](O)c1cnc(-c2ccc3c(Nc4ccc(C(F)(F)F)cn4)ncnc3c2)c(Cl)c1. The van der Waals surface area contributed by atoms with Crippen molar-refractivity contribution >= 4 is 34.1 Å². The molecule has 0 aliphatic rings. The average molecular weight is 462 g/mol. The van der Waals surface area contributed by atoms with Crippen LogP contribution in [0.5, 0.6) is 0 Å². The molecule has 0 aliphatic heterocycles. The zero-order valence-corrected chi connectivity index (χ0v) is 16.9. The third-order valence-corrected chi connectivity index (χ3v) is 4.96. The molecular weight excluding hydrogens is 447 g/mol. The van der Waals surface area contributed by atoms with Crippen LogP contribution in [0.4, 0.5) is 24.8 Å². The van der Waals surface area contributed by atoms with Gasteiger partial charge >= 0.3 is 6.18 Å². The van der Waals surface area contributed by atoms with Crippen LogP contribution in [0.2, 0.25) is 5.02 Å². The van der Waals surface area contributed by atoms with E-state index in [2.05, 4.69) is 25.3 Å². The number of benzene rings is 1. The summed E-state index contributed by atoms with van der Waals surface area (Å²) in [5, 5.41) is 22.6. The first kappa shape index (κ1) is 21.9. The molecule has 0 aliphatic carbocycles. The van der Waals surface area contributed by atoms with Crippen LogP contribution in [0.25, 0.3) is 22.2 Å². The number of pyridine rings is 2. The molecule has 0 saturated heterocycles. The molecule has 1 atom stereocenters. The van der Waals surface area contributed by atoms with Gasteiger partial charge in [0.05, 0.1) is 28.4 Å². The van der Waals surface area contributed by atoms with Crippen molar-refractivity contribution in [1.29, 1.82) is 0 Å². The van der Waals surface area contributed by atoms with E-state index in [9.17, 15) is 18.3 Å². The molecule has 32 heavy (non-hydrogen) atoms. The summed E-state index contributed by atoms with van der Waals surface area (Å²) in [6.07, 6.45) is -2.06. The summed E-state index contributed by atoms with van der Waals surface area (Å²) in [7, 11) is 0. The highest BCUT2D eigenvalue weighted by Gasteiger charge is 2.30. The topological polar surface area (TPSA) is 104 Å². The quantitative estimate of drug-likeness (QED) is 0.401. The Morgan fingerprint density at radius 3 is 2.47 bits per heavy atom. The number of aromatic nitrogens is 4. The van der Waals surface area contributed by atoms with Crippen LogP contribution in [-0.4, -0.2) is 36.8 Å². The van der Waals surface area contributed by atoms with Crippen molar-refractivity contribution in [2.24, 2.45) is 0 Å². The van der Waals surface area contributed by atoms with Gasteiger partial charge in [0.15, 0.2) is 0 Å². The molecule has 0 saturated carbocycles. The number of hydrogen-bond acceptors (Lipinski definition) is 7. The summed E-state index contributed by atoms with van der Waals surface area (Å²) in [5.41, 5.74) is 1.20. The van der Waals surface area contributed by atoms with Gasteiger partial charge in [-0.2, -0.15) is 13.2 Å². The van der Waals surface area contributed by atoms with E-state index in [1.165, 1.54) is 24.7 Å². The Hall–Kier alpha value is -3.34. The summed E-state index contributed by atoms with van der Waals surface area (Å²) in [6.45, 7) is -0.451. The molecule has 0 radical (unpaired) electrons. The second-order valence-electron chi connectivity index (χ2n) is 6.81. The molecule has 0 fully saturated rings. The van der Waals surface area contributed by atoms with Gasteiger partial charge in [0.25, 0.3) is 0 Å². The zero-order chi connectivity index (χ0) is 22.9. The Balaban J connectivity index is 1.64. The summed E-state index contributed by atoms with van der Waals surface area (Å²) in [4.78, 5) is 16.5. The minimum Gasteiger partial charge on any atom is -0.393 e. The number of nitrogens with zero attached hydrogens (tertiary/aromatic N) is 4. The van der Waals surface area contributed by atoms with E-state index in [1.54, 1.807) is 18.2 Å². The van der Waals surface area contributed by atoms with Gasteiger partial charge in [-0.25, -0.2) is 15.0 Å². The molecule has 3 heterocycles. The molecule has 3 aromatic heterocycles. The number of aliphatic hydroxyl groups excluding tert-OH is 2. The molecule has 7 nitrogen and oxygen atoms in total. The first-order valence-corrected chi connectivity index (χ1v) is 9.64. The van der Waals surface area contributed by atoms with Crippen LogP contribution in [-0.2, 0) is 6.18 Å². The van der Waals surface area contributed by atoms with Crippen LogP contribution in [0.15, 0.2) is 55.1 Å². The number of nitrogens with one attached hydrogen (secondary N) is 1. The number of anilines is 2. The molecule has 4 rings (SSSR count). The maximum absolute atomic E-state index is 12.7. The van der Waals surface area contributed by atoms with Crippen molar-refractivity contribution in [3.63, 3.8) is 0 Å². The minimum absolute atomic E-state index is 0.199. The monoisotopic (exact) mass is 461 g/mol. The lowest BCUT2D eigenvalue weighted by atomic mass is 10.1. The zero-order valence-electron chi connectivity index (χ0n) is 16.2. The number of hydrogen-bond donors (Lipinski definition) is 3. The molecule has 11 heteroatoms. The second-order valence-corrected chi connectivity index (χ2v) is 7.21. The molecule has 0 unspecified atom stereocenters. The van der Waals surface area contributed by atoms with Gasteiger partial charge in [0, 0.05) is 28.9 Å². The van der Waals surface area contributed by atoms with Crippen LogP contribution < -0.4 is 5.32 Å². The molecule has 164 valence electrons. The highest BCUT2D eigenvalue weighted by Crippen LogP contribution is 2.32. The minimum atomic E-state index is -4.47. The molecule has 0 amide bonds. The van der Waals surface area contributed by atoms with Crippen molar-refractivity contribution < 1.29 is 23.4 Å². The fraction of sp³-hybridized carbons (Fsp3) is 0.143. The third kappa shape index (κ3) is 4.47. The summed E-state index contributed by atoms with van der Waals surface area (Å²) < 4.78 is 38.2. The largest absolute Gasteiger partial charge is 0.417 e. The lowest BCUT2D eigenvalue weighted by molar-refractivity contribution is -0.137. The molecule has 0 bridgehead atoms. The van der Waals surface area contributed by atoms with E-state index in [0.29, 0.717) is 33.5 Å². The predicted octanol–water partition coefficient (Wildman–Crippen LogP) is 4.53. The molecular formula is C21H15ClF3N5O2. The second kappa shape index (κ2) is 8.65. The van der Waals surface area contributed by atoms with Crippen LogP contribution >= 0.6 is 11.6 Å². The first-order valence-electron chi connectivity index (χ1n) is 9.26. The van der Waals surface area contributed by atoms with E-state index < -0.39 is 24.5 Å². The maximum atomic E-state index is 12.7. The van der Waals surface area contributed by atoms with Crippen LogP contribution in [0.1, 0.15) is 17.2 Å². The number of fused-ring (bicyclic) bond motifs is 1. The van der Waals surface area contributed by atoms with E-state index in [1.807, 2.05) is 0 Å². The van der Waals surface area contributed by atoms with Gasteiger partial charge < -0.3 is 15.5 Å². The van der Waals surface area contributed by atoms with Gasteiger partial charge in [-0.15, -0.1) is 0 Å². The first-order chi connectivity index (χ1) is 15.3. The fourth-order valence-electron chi connectivity index (χ4n) is 3.01. The molecule has 4 aromatic rings. The predicted molar refractivity (Wildman–Crippen MR) is 112 cm³/mol. The Labute approximate surface area is 184 Å². The summed E-state index contributed by atoms with van der Waals surface area (Å²) >= 11 is 6.31. The molecule has 0 spiro atoms. The average Bonchev–Trinajstić information content (AvgIpc) is 2.78. The summed E-state index contributed by atoms with van der Waals surface area (Å²) in [6, 6.07) is 8.88. The lowest BCUT2D eigenvalue weighted by Crippen LogP contribution is -2.06. The van der Waals surface area contributed by atoms with Crippen molar-refractivity contribution in [3.8, 4) is 11.3 Å². The Morgan fingerprint density at radius 1 is 1.00 bits per heavy atom. The standard InChI is InChI=1S/C21H15ClF3N5O2/c22-15-5-12(17(32)9-31)7-27-19(15)11-1-3-14-16(6-11)28-10-29-20(14)30-18-4-2-13(8-26-18)21(23,24)25/h1-8,10,17,31-32H,9H2,(H,26,28,29,30)/t17-/m1/s1. The Kier molecular flexibility index (Phi) is 5.92. The van der Waals surface area contributed by atoms with Gasteiger partial charge in [-0.05, 0) is 30.3 Å². The van der Waals surface area contributed by atoms with Crippen molar-refractivity contribution in [2.75, 3.05) is 11.9 Å². The van der Waals surface area contributed by atoms with Gasteiger partial charge in [0.1, 0.15) is 24.1 Å². The summed E-state index contributed by atoms with van der Waals surface area (Å²) in [5.74, 6) is 0.569. The highest BCUT2D eigenvalue weighted by molar-refractivity contribution is 6.33. The van der Waals surface area contributed by atoms with Crippen molar-refractivity contribution in [1.82, 2.24) is 19.9 Å². The van der Waals surface area contributed by atoms with Crippen LogP contribution in [0, 0.1) is 0 Å². The number of halogens is 4. The fourth-order valence-corrected chi connectivity index (χ4v) is 3.30. The smallest absolute Gasteiger partial charge is 0.393 e. The number of alkyl halides is 3. The van der Waals surface area contributed by atoms with E-state index in [-0.39, 0.29) is 10.8 Å². The van der Waals surface area contributed by atoms with E-state index in [4.69, 9.17) is 16.7 Å².